The van der Waals surface area contributed by atoms with Crippen molar-refractivity contribution < 1.29 is 8.78 Å². The predicted octanol–water partition coefficient (Wildman–Crippen LogP) is 4.87. The minimum atomic E-state index is -3.04. The molecule has 0 spiro atoms. The van der Waals surface area contributed by atoms with E-state index in [0.29, 0.717) is 24.4 Å². The summed E-state index contributed by atoms with van der Waals surface area (Å²) in [6, 6.07) is 14.6. The van der Waals surface area contributed by atoms with E-state index in [-0.39, 0.29) is 23.3 Å². The molecule has 1 fully saturated rings. The first kappa shape index (κ1) is 20.1. The van der Waals surface area contributed by atoms with Crippen molar-refractivity contribution in [2.24, 2.45) is 5.92 Å². The number of hydrogen-bond donors (Lipinski definition) is 2. The van der Waals surface area contributed by atoms with Gasteiger partial charge in [-0.25, -0.2) is 4.98 Å². The van der Waals surface area contributed by atoms with Crippen LogP contribution in [0.4, 0.5) is 20.7 Å². The van der Waals surface area contributed by atoms with Crippen LogP contribution in [0.15, 0.2) is 48.5 Å². The Morgan fingerprint density at radius 1 is 0.967 bits per heavy atom. The third-order valence-corrected chi connectivity index (χ3v) is 5.04. The molecule has 1 aliphatic rings. The lowest BCUT2D eigenvalue weighted by molar-refractivity contribution is 0.0129. The quantitative estimate of drug-likeness (QED) is 0.552. The van der Waals surface area contributed by atoms with E-state index in [4.69, 9.17) is 0 Å². The third-order valence-electron chi connectivity index (χ3n) is 5.04. The lowest BCUT2D eigenvalue weighted by atomic mass is 10.2. The van der Waals surface area contributed by atoms with E-state index in [2.05, 4.69) is 37.5 Å². The summed E-state index contributed by atoms with van der Waals surface area (Å²) in [7, 11) is 0. The van der Waals surface area contributed by atoms with Crippen LogP contribution in [-0.4, -0.2) is 26.0 Å². The molecule has 3 aromatic rings. The van der Waals surface area contributed by atoms with Crippen molar-refractivity contribution >= 4 is 11.9 Å². The molecule has 0 bridgehead atoms. The molecule has 1 aromatic carbocycles. The summed E-state index contributed by atoms with van der Waals surface area (Å²) in [5.41, 5.74) is 1.03. The molecule has 2 heterocycles. The van der Waals surface area contributed by atoms with E-state index in [0.717, 1.165) is 12.5 Å². The number of halogens is 2. The first-order valence-electron chi connectivity index (χ1n) is 10.0. The molecule has 1 aliphatic carbocycles. The Morgan fingerprint density at radius 2 is 1.70 bits per heavy atom. The van der Waals surface area contributed by atoms with Crippen LogP contribution in [0, 0.1) is 5.92 Å². The minimum absolute atomic E-state index is 0.224. The summed E-state index contributed by atoms with van der Waals surface area (Å²) >= 11 is 0. The first-order chi connectivity index (χ1) is 14.4. The van der Waals surface area contributed by atoms with Crippen molar-refractivity contribution in [3.8, 4) is 11.5 Å². The Hall–Kier alpha value is -3.16. The molecule has 30 heavy (non-hydrogen) atoms. The van der Waals surface area contributed by atoms with Crippen LogP contribution < -0.4 is 10.6 Å². The molecule has 1 atom stereocenters. The predicted molar refractivity (Wildman–Crippen MR) is 112 cm³/mol. The largest absolute Gasteiger partial charge is 0.351 e. The molecule has 0 saturated heterocycles. The van der Waals surface area contributed by atoms with Crippen molar-refractivity contribution in [2.45, 2.75) is 45.2 Å². The van der Waals surface area contributed by atoms with E-state index >= 15 is 0 Å². The molecular weight excluding hydrogens is 386 g/mol. The Labute approximate surface area is 174 Å². The summed E-state index contributed by atoms with van der Waals surface area (Å²) in [5.74, 6) is -1.42. The second-order valence-corrected chi connectivity index (χ2v) is 7.71. The van der Waals surface area contributed by atoms with Crippen LogP contribution in [0.25, 0.3) is 11.5 Å². The van der Waals surface area contributed by atoms with Crippen LogP contribution in [-0.2, 0) is 12.5 Å². The van der Waals surface area contributed by atoms with Crippen LogP contribution in [0.3, 0.4) is 0 Å². The van der Waals surface area contributed by atoms with Gasteiger partial charge in [0.25, 0.3) is 5.92 Å². The number of benzene rings is 1. The number of nitrogens with one attached hydrogen (secondary N) is 2. The Bertz CT molecular complexity index is 1000. The highest BCUT2D eigenvalue weighted by Crippen LogP contribution is 2.34. The van der Waals surface area contributed by atoms with Crippen LogP contribution >= 0.6 is 0 Å². The Balaban J connectivity index is 1.64. The van der Waals surface area contributed by atoms with Gasteiger partial charge in [-0.2, -0.15) is 23.7 Å². The molecule has 0 radical (unpaired) electrons. The standard InChI is InChI=1S/C22H24F2N6/c1-14(16-11-12-16)26-21-29-19(17-9-6-10-18(27-17)22(2,23)24)28-20(30-21)25-13-15-7-4-3-5-8-15/h3-10,14,16H,11-13H2,1-2H3,(H2,25,26,28,29,30)/t14-/m1/s1. The zero-order chi connectivity index (χ0) is 21.1. The number of aromatic nitrogens is 4. The molecule has 8 heteroatoms. The maximum atomic E-state index is 13.7. The lowest BCUT2D eigenvalue weighted by Crippen LogP contribution is -2.20. The van der Waals surface area contributed by atoms with Gasteiger partial charge in [-0.1, -0.05) is 36.4 Å². The van der Waals surface area contributed by atoms with E-state index < -0.39 is 5.92 Å². The number of hydrogen-bond acceptors (Lipinski definition) is 6. The SMILES string of the molecule is C[C@@H](Nc1nc(NCc2ccccc2)nc(-c2cccc(C(C)(F)F)n2)n1)C1CC1. The van der Waals surface area contributed by atoms with Gasteiger partial charge < -0.3 is 10.6 Å². The monoisotopic (exact) mass is 410 g/mol. The number of pyridine rings is 1. The van der Waals surface area contributed by atoms with Crippen molar-refractivity contribution in [1.29, 1.82) is 0 Å². The second-order valence-electron chi connectivity index (χ2n) is 7.71. The molecule has 2 N–H and O–H groups in total. The van der Waals surface area contributed by atoms with Gasteiger partial charge in [0.1, 0.15) is 11.4 Å². The molecule has 2 aromatic heterocycles. The first-order valence-corrected chi connectivity index (χ1v) is 10.0. The van der Waals surface area contributed by atoms with Crippen LogP contribution in [0.2, 0.25) is 0 Å². The van der Waals surface area contributed by atoms with Crippen LogP contribution in [0.1, 0.15) is 37.9 Å². The fourth-order valence-electron chi connectivity index (χ4n) is 3.13. The highest BCUT2D eigenvalue weighted by atomic mass is 19.3. The van der Waals surface area contributed by atoms with E-state index in [1.54, 1.807) is 6.07 Å². The van der Waals surface area contributed by atoms with E-state index in [1.807, 2.05) is 30.3 Å². The fourth-order valence-corrected chi connectivity index (χ4v) is 3.13. The second kappa shape index (κ2) is 8.30. The van der Waals surface area contributed by atoms with Crippen LogP contribution in [0.5, 0.6) is 0 Å². The van der Waals surface area contributed by atoms with Gasteiger partial charge in [0, 0.05) is 19.5 Å². The minimum Gasteiger partial charge on any atom is -0.351 e. The van der Waals surface area contributed by atoms with Crippen molar-refractivity contribution in [3.63, 3.8) is 0 Å². The summed E-state index contributed by atoms with van der Waals surface area (Å²) in [4.78, 5) is 17.4. The van der Waals surface area contributed by atoms with Gasteiger partial charge in [0.2, 0.25) is 11.9 Å². The molecule has 4 rings (SSSR count). The van der Waals surface area contributed by atoms with Gasteiger partial charge >= 0.3 is 0 Å². The zero-order valence-corrected chi connectivity index (χ0v) is 16.9. The summed E-state index contributed by atoms with van der Waals surface area (Å²) in [6.07, 6.45) is 2.36. The highest BCUT2D eigenvalue weighted by molar-refractivity contribution is 5.54. The molecule has 6 nitrogen and oxygen atoms in total. The Morgan fingerprint density at radius 3 is 2.40 bits per heavy atom. The normalized spacial score (nSPS) is 14.9. The lowest BCUT2D eigenvalue weighted by Gasteiger charge is -2.15. The van der Waals surface area contributed by atoms with Crippen molar-refractivity contribution in [2.75, 3.05) is 10.6 Å². The maximum absolute atomic E-state index is 13.7. The Kier molecular flexibility index (Phi) is 5.57. The van der Waals surface area contributed by atoms with Gasteiger partial charge in [-0.3, -0.25) is 0 Å². The average molecular weight is 410 g/mol. The van der Waals surface area contributed by atoms with Crippen molar-refractivity contribution in [3.05, 3.63) is 59.8 Å². The summed E-state index contributed by atoms with van der Waals surface area (Å²) in [5, 5.41) is 6.52. The summed E-state index contributed by atoms with van der Waals surface area (Å²) < 4.78 is 27.5. The van der Waals surface area contributed by atoms with Gasteiger partial charge in [-0.05, 0) is 43.4 Å². The molecule has 1 saturated carbocycles. The number of nitrogens with zero attached hydrogens (tertiary/aromatic N) is 4. The smallest absolute Gasteiger partial charge is 0.286 e. The summed E-state index contributed by atoms with van der Waals surface area (Å²) in [6.45, 7) is 3.45. The van der Waals surface area contributed by atoms with E-state index in [9.17, 15) is 8.78 Å². The third kappa shape index (κ3) is 5.06. The van der Waals surface area contributed by atoms with Crippen molar-refractivity contribution in [1.82, 2.24) is 19.9 Å². The topological polar surface area (TPSA) is 75.6 Å². The fraction of sp³-hybridized carbons (Fsp3) is 0.364. The van der Waals surface area contributed by atoms with Gasteiger partial charge in [0.05, 0.1) is 0 Å². The maximum Gasteiger partial charge on any atom is 0.286 e. The average Bonchev–Trinajstić information content (AvgIpc) is 3.58. The zero-order valence-electron chi connectivity index (χ0n) is 16.9. The van der Waals surface area contributed by atoms with Gasteiger partial charge in [0.15, 0.2) is 5.82 Å². The number of rotatable bonds is 8. The molecule has 156 valence electrons. The molecule has 0 unspecified atom stereocenters. The molecular formula is C22H24F2N6. The van der Waals surface area contributed by atoms with Gasteiger partial charge in [-0.15, -0.1) is 0 Å². The van der Waals surface area contributed by atoms with E-state index in [1.165, 1.54) is 25.0 Å². The highest BCUT2D eigenvalue weighted by Gasteiger charge is 2.29. The number of alkyl halides is 2. The molecule has 0 amide bonds. The molecule has 0 aliphatic heterocycles. The number of anilines is 2.